The number of rotatable bonds is 4. The van der Waals surface area contributed by atoms with E-state index in [-0.39, 0.29) is 0 Å². The van der Waals surface area contributed by atoms with Crippen LogP contribution in [0.25, 0.3) is 11.0 Å². The van der Waals surface area contributed by atoms with E-state index in [1.165, 1.54) is 0 Å². The summed E-state index contributed by atoms with van der Waals surface area (Å²) in [5.41, 5.74) is 9.91. The number of fused-ring (bicyclic) bond motifs is 1. The highest BCUT2D eigenvalue weighted by Crippen LogP contribution is 2.29. The maximum atomic E-state index is 11.4. The van der Waals surface area contributed by atoms with Crippen molar-refractivity contribution in [2.24, 2.45) is 24.3 Å². The number of carboxylic acids is 1. The van der Waals surface area contributed by atoms with Gasteiger partial charge in [-0.25, -0.2) is 13.9 Å². The van der Waals surface area contributed by atoms with Crippen molar-refractivity contribution in [3.8, 4) is 0 Å². The lowest BCUT2D eigenvalue weighted by Gasteiger charge is -2.24. The number of aliphatic carboxylic acids is 1. The number of aromatic nitrogens is 2. The monoisotopic (exact) mass is 395 g/mol. The molecule has 4 rings (SSSR count). The molecule has 2 aromatic carbocycles. The first-order valence-corrected chi connectivity index (χ1v) is 9.30. The summed E-state index contributed by atoms with van der Waals surface area (Å²) < 4.78 is 3.86. The van der Waals surface area contributed by atoms with E-state index in [2.05, 4.69) is 10.2 Å². The van der Waals surface area contributed by atoms with Crippen molar-refractivity contribution in [3.05, 3.63) is 42.5 Å². The molecule has 2 unspecified atom stereocenters. The average molecular weight is 395 g/mol. The first-order valence-electron chi connectivity index (χ1n) is 9.30. The fraction of sp³-hybridized carbons (Fsp3) is 0.300. The van der Waals surface area contributed by atoms with Gasteiger partial charge in [0, 0.05) is 29.1 Å². The minimum atomic E-state index is -1.03. The van der Waals surface area contributed by atoms with Crippen LogP contribution in [-0.2, 0) is 18.9 Å². The Morgan fingerprint density at radius 3 is 2.62 bits per heavy atom. The quantitative estimate of drug-likeness (QED) is 0.355. The summed E-state index contributed by atoms with van der Waals surface area (Å²) in [6.07, 6.45) is -0.437. The van der Waals surface area contributed by atoms with Crippen LogP contribution in [0, 0.1) is 0 Å². The van der Waals surface area contributed by atoms with Crippen molar-refractivity contribution in [2.45, 2.75) is 18.6 Å². The average Bonchev–Trinajstić information content (AvgIpc) is 3.19. The summed E-state index contributed by atoms with van der Waals surface area (Å²) in [6.45, 7) is 0.494. The minimum Gasteiger partial charge on any atom is -0.480 e. The number of hydrogen-bond acceptors (Lipinski definition) is 6. The van der Waals surface area contributed by atoms with Crippen LogP contribution in [0.2, 0.25) is 0 Å². The second kappa shape index (κ2) is 7.17. The molecule has 150 valence electrons. The number of nitrogens with zero attached hydrogens (tertiary/aromatic N) is 5. The van der Waals surface area contributed by atoms with Gasteiger partial charge >= 0.3 is 11.9 Å². The fourth-order valence-electron chi connectivity index (χ4n) is 3.84. The van der Waals surface area contributed by atoms with Crippen molar-refractivity contribution in [3.63, 3.8) is 0 Å². The SMILES string of the molecule is Cn1c(N=Nc2ccc(N3CCC(O)C3C(=O)O)cc2)[n+](C)c2ccc(N)cc21. The zero-order valence-corrected chi connectivity index (χ0v) is 16.2. The summed E-state index contributed by atoms with van der Waals surface area (Å²) in [6, 6.07) is 11.9. The predicted molar refractivity (Wildman–Crippen MR) is 109 cm³/mol. The van der Waals surface area contributed by atoms with E-state index in [9.17, 15) is 15.0 Å². The first kappa shape index (κ1) is 18.9. The molecule has 29 heavy (non-hydrogen) atoms. The Bertz CT molecular complexity index is 1110. The highest BCUT2D eigenvalue weighted by molar-refractivity contribution is 5.80. The van der Waals surface area contributed by atoms with Gasteiger partial charge in [0.1, 0.15) is 16.7 Å². The number of nitrogens with two attached hydrogens (primary N) is 1. The van der Waals surface area contributed by atoms with Gasteiger partial charge in [-0.15, -0.1) is 0 Å². The van der Waals surface area contributed by atoms with E-state index in [0.717, 1.165) is 16.7 Å². The van der Waals surface area contributed by atoms with E-state index in [1.54, 1.807) is 29.2 Å². The van der Waals surface area contributed by atoms with Crippen molar-refractivity contribution in [2.75, 3.05) is 17.2 Å². The smallest absolute Gasteiger partial charge is 0.422 e. The van der Waals surface area contributed by atoms with Crippen LogP contribution in [0.1, 0.15) is 6.42 Å². The molecule has 1 aliphatic rings. The molecule has 1 saturated heterocycles. The maximum absolute atomic E-state index is 11.4. The molecule has 1 aliphatic heterocycles. The standard InChI is InChI=1S/C20H22N6O3/c1-24-15-8-3-12(21)11-16(15)25(2)20(24)23-22-13-4-6-14(7-5-13)26-10-9-17(27)18(26)19(28)29/h3-8,11,17-18,27H,9-10H2,1-2H3,(H2-,21,22,28,29)/p+1. The Hall–Kier alpha value is -3.46. The van der Waals surface area contributed by atoms with Crippen molar-refractivity contribution >= 4 is 40.0 Å². The molecule has 1 aromatic heterocycles. The Kier molecular flexibility index (Phi) is 4.67. The molecular formula is C20H23N6O3+. The second-order valence-corrected chi connectivity index (χ2v) is 7.22. The third kappa shape index (κ3) is 3.29. The van der Waals surface area contributed by atoms with E-state index in [4.69, 9.17) is 5.73 Å². The van der Waals surface area contributed by atoms with Gasteiger partial charge in [-0.2, -0.15) is 0 Å². The molecule has 4 N–H and O–H groups in total. The van der Waals surface area contributed by atoms with Crippen LogP contribution in [0.15, 0.2) is 52.7 Å². The van der Waals surface area contributed by atoms with Crippen molar-refractivity contribution in [1.29, 1.82) is 0 Å². The molecule has 2 atom stereocenters. The summed E-state index contributed by atoms with van der Waals surface area (Å²) >= 11 is 0. The number of aliphatic hydroxyl groups is 1. The van der Waals surface area contributed by atoms with Crippen LogP contribution < -0.4 is 15.2 Å². The molecule has 2 heterocycles. The summed E-state index contributed by atoms with van der Waals surface area (Å²) in [5, 5.41) is 28.0. The number of benzene rings is 2. The lowest BCUT2D eigenvalue weighted by Crippen LogP contribution is -2.41. The van der Waals surface area contributed by atoms with Crippen molar-refractivity contribution < 1.29 is 19.6 Å². The molecule has 0 aliphatic carbocycles. The van der Waals surface area contributed by atoms with Crippen LogP contribution in [0.4, 0.5) is 23.0 Å². The number of aryl methyl sites for hydroxylation is 2. The number of carboxylic acid groups (broad SMARTS) is 1. The normalized spacial score (nSPS) is 19.5. The number of nitrogen functional groups attached to an aromatic ring is 1. The van der Waals surface area contributed by atoms with Gasteiger partial charge in [-0.3, -0.25) is 0 Å². The fourth-order valence-corrected chi connectivity index (χ4v) is 3.84. The number of azo groups is 1. The summed E-state index contributed by atoms with van der Waals surface area (Å²) in [4.78, 5) is 13.1. The van der Waals surface area contributed by atoms with Crippen molar-refractivity contribution in [1.82, 2.24) is 4.57 Å². The number of anilines is 2. The Morgan fingerprint density at radius 1 is 1.21 bits per heavy atom. The minimum absolute atomic E-state index is 0.431. The Balaban J connectivity index is 1.59. The van der Waals surface area contributed by atoms with Crippen LogP contribution >= 0.6 is 0 Å². The van der Waals surface area contributed by atoms with Crippen LogP contribution in [0.3, 0.4) is 0 Å². The molecule has 1 fully saturated rings. The number of aliphatic hydroxyl groups excluding tert-OH is 1. The van der Waals surface area contributed by atoms with Gasteiger partial charge in [0.25, 0.3) is 0 Å². The molecule has 0 saturated carbocycles. The van der Waals surface area contributed by atoms with E-state index >= 15 is 0 Å². The number of carbonyl (C=O) groups is 1. The Labute approximate surface area is 167 Å². The van der Waals surface area contributed by atoms with Gasteiger partial charge in [0.15, 0.2) is 6.04 Å². The highest BCUT2D eigenvalue weighted by atomic mass is 16.4. The topological polar surface area (TPSA) is 120 Å². The van der Waals surface area contributed by atoms with Gasteiger partial charge < -0.3 is 20.8 Å². The molecular weight excluding hydrogens is 372 g/mol. The molecule has 0 bridgehead atoms. The summed E-state index contributed by atoms with van der Waals surface area (Å²) in [5.74, 6) is -0.356. The second-order valence-electron chi connectivity index (χ2n) is 7.22. The van der Waals surface area contributed by atoms with Crippen LogP contribution in [0.5, 0.6) is 0 Å². The Morgan fingerprint density at radius 2 is 1.93 bits per heavy atom. The molecule has 0 spiro atoms. The van der Waals surface area contributed by atoms with Crippen LogP contribution in [-0.4, -0.2) is 39.4 Å². The molecule has 0 radical (unpaired) electrons. The third-order valence-electron chi connectivity index (χ3n) is 5.38. The summed E-state index contributed by atoms with van der Waals surface area (Å²) in [7, 11) is 3.82. The zero-order valence-electron chi connectivity index (χ0n) is 16.2. The zero-order chi connectivity index (χ0) is 20.7. The largest absolute Gasteiger partial charge is 0.480 e. The van der Waals surface area contributed by atoms with Gasteiger partial charge in [0.2, 0.25) is 0 Å². The van der Waals surface area contributed by atoms with E-state index in [0.29, 0.717) is 30.3 Å². The molecule has 3 aromatic rings. The maximum Gasteiger partial charge on any atom is 0.422 e. The number of hydrogen-bond donors (Lipinski definition) is 3. The third-order valence-corrected chi connectivity index (χ3v) is 5.38. The molecule has 9 heteroatoms. The van der Waals surface area contributed by atoms with Gasteiger partial charge in [0.05, 0.1) is 20.2 Å². The first-order chi connectivity index (χ1) is 13.9. The lowest BCUT2D eigenvalue weighted by molar-refractivity contribution is -0.632. The predicted octanol–water partition coefficient (Wildman–Crippen LogP) is 2.02. The molecule has 9 nitrogen and oxygen atoms in total. The lowest BCUT2D eigenvalue weighted by atomic mass is 10.1. The van der Waals surface area contributed by atoms with E-state index in [1.807, 2.05) is 41.4 Å². The van der Waals surface area contributed by atoms with Gasteiger partial charge in [-0.05, 0) is 42.8 Å². The van der Waals surface area contributed by atoms with Gasteiger partial charge in [-0.1, -0.05) is 5.11 Å². The number of imidazole rings is 1. The highest BCUT2D eigenvalue weighted by Gasteiger charge is 2.38. The molecule has 0 amide bonds. The van der Waals surface area contributed by atoms with E-state index < -0.39 is 18.1 Å².